The van der Waals surface area contributed by atoms with Crippen LogP contribution in [0.3, 0.4) is 0 Å². The second kappa shape index (κ2) is 7.67. The Kier molecular flexibility index (Phi) is 5.93. The van der Waals surface area contributed by atoms with Crippen LogP contribution in [0.2, 0.25) is 0 Å². The normalized spacial score (nSPS) is 9.45. The summed E-state index contributed by atoms with van der Waals surface area (Å²) in [6.45, 7) is 2.66. The van der Waals surface area contributed by atoms with Gasteiger partial charge in [-0.25, -0.2) is 9.59 Å². The van der Waals surface area contributed by atoms with Gasteiger partial charge >= 0.3 is 24.4 Å². The highest BCUT2D eigenvalue weighted by Crippen LogP contribution is 2.21. The Morgan fingerprint density at radius 1 is 0.909 bits per heavy atom. The van der Waals surface area contributed by atoms with Gasteiger partial charge in [0, 0.05) is 6.07 Å². The highest BCUT2D eigenvalue weighted by molar-refractivity contribution is 5.67. The number of ether oxygens (including phenoxy) is 4. The highest BCUT2D eigenvalue weighted by atomic mass is 19.3. The first-order chi connectivity index (χ1) is 10.3. The smallest absolute Gasteiger partial charge is 0.395 e. The number of benzene rings is 1. The zero-order valence-corrected chi connectivity index (χ0v) is 10.5. The molecule has 0 aliphatic carbocycles. The van der Waals surface area contributed by atoms with Crippen molar-refractivity contribution in [1.29, 1.82) is 0 Å². The molecule has 1 aromatic carbocycles. The molecule has 22 heavy (non-hydrogen) atoms. The van der Waals surface area contributed by atoms with Crippen molar-refractivity contribution in [1.82, 2.24) is 0 Å². The van der Waals surface area contributed by atoms with Gasteiger partial charge in [0.05, 0.1) is 0 Å². The second-order valence-corrected chi connectivity index (χ2v) is 3.27. The summed E-state index contributed by atoms with van der Waals surface area (Å²) in [5, 5.41) is 0. The number of carbonyl (C=O) groups is 2. The molecule has 0 aliphatic rings. The summed E-state index contributed by atoms with van der Waals surface area (Å²) >= 11 is 0. The third kappa shape index (κ3) is 5.94. The third-order valence-corrected chi connectivity index (χ3v) is 1.72. The van der Waals surface area contributed by atoms with Crippen molar-refractivity contribution in [2.24, 2.45) is 0 Å². The van der Waals surface area contributed by atoms with E-state index >= 15 is 0 Å². The fraction of sp³-hybridized carbons (Fsp3) is 0. The highest BCUT2D eigenvalue weighted by Gasteiger charge is 2.15. The summed E-state index contributed by atoms with van der Waals surface area (Å²) in [6, 6.07) is 0.663. The average Bonchev–Trinajstić information content (AvgIpc) is 2.37. The van der Waals surface area contributed by atoms with Crippen molar-refractivity contribution in [3.05, 3.63) is 49.0 Å². The van der Waals surface area contributed by atoms with Gasteiger partial charge in [-0.3, -0.25) is 0 Å². The monoisotopic (exact) mass is 322 g/mol. The van der Waals surface area contributed by atoms with E-state index in [1.165, 1.54) is 12.1 Å². The summed E-state index contributed by atoms with van der Waals surface area (Å²) < 4.78 is 64.1. The molecule has 0 N–H and O–H groups in total. The SMILES string of the molecule is C=C(F)OC(=O)Oc1cccc(OC(=O)OC(F)=C(F)F)c1. The zero-order chi connectivity index (χ0) is 16.7. The van der Waals surface area contributed by atoms with Crippen LogP contribution in [-0.2, 0) is 9.47 Å². The molecule has 0 saturated heterocycles. The Hall–Kier alpha value is -3.04. The number of rotatable bonds is 4. The lowest BCUT2D eigenvalue weighted by Gasteiger charge is -2.06. The van der Waals surface area contributed by atoms with Crippen LogP contribution in [0.1, 0.15) is 0 Å². The van der Waals surface area contributed by atoms with Crippen LogP contribution in [0.5, 0.6) is 11.5 Å². The average molecular weight is 322 g/mol. The van der Waals surface area contributed by atoms with Crippen molar-refractivity contribution in [2.75, 3.05) is 0 Å². The zero-order valence-electron chi connectivity index (χ0n) is 10.5. The van der Waals surface area contributed by atoms with E-state index in [2.05, 4.69) is 25.5 Å². The molecule has 1 rings (SSSR count). The van der Waals surface area contributed by atoms with E-state index in [-0.39, 0.29) is 11.5 Å². The van der Waals surface area contributed by atoms with E-state index in [1.807, 2.05) is 0 Å². The fourth-order valence-corrected chi connectivity index (χ4v) is 1.04. The minimum Gasteiger partial charge on any atom is -0.395 e. The second-order valence-electron chi connectivity index (χ2n) is 3.27. The molecule has 0 aliphatic heterocycles. The Morgan fingerprint density at radius 2 is 1.41 bits per heavy atom. The largest absolute Gasteiger partial charge is 0.521 e. The van der Waals surface area contributed by atoms with Crippen molar-refractivity contribution < 1.29 is 46.1 Å². The first-order valence-electron chi connectivity index (χ1n) is 5.22. The van der Waals surface area contributed by atoms with Gasteiger partial charge < -0.3 is 18.9 Å². The van der Waals surface area contributed by atoms with Crippen LogP contribution in [0.15, 0.2) is 49.0 Å². The van der Waals surface area contributed by atoms with Crippen molar-refractivity contribution in [2.45, 2.75) is 0 Å². The maximum Gasteiger partial charge on any atom is 0.521 e. The van der Waals surface area contributed by atoms with E-state index < -0.39 is 30.4 Å². The molecule has 0 fully saturated rings. The first-order valence-corrected chi connectivity index (χ1v) is 5.22. The molecule has 0 atom stereocenters. The van der Waals surface area contributed by atoms with E-state index in [4.69, 9.17) is 0 Å². The Bertz CT molecular complexity index is 624. The van der Waals surface area contributed by atoms with Crippen LogP contribution in [-0.4, -0.2) is 12.3 Å². The lowest BCUT2D eigenvalue weighted by molar-refractivity contribution is 0.0948. The van der Waals surface area contributed by atoms with Gasteiger partial charge in [-0.2, -0.15) is 17.6 Å². The minimum absolute atomic E-state index is 0.246. The molecule has 0 unspecified atom stereocenters. The summed E-state index contributed by atoms with van der Waals surface area (Å²) in [4.78, 5) is 21.9. The van der Waals surface area contributed by atoms with E-state index in [1.54, 1.807) is 0 Å². The van der Waals surface area contributed by atoms with Gasteiger partial charge in [0.15, 0.2) is 0 Å². The van der Waals surface area contributed by atoms with Crippen molar-refractivity contribution in [3.63, 3.8) is 0 Å². The van der Waals surface area contributed by atoms with Gasteiger partial charge in [-0.05, 0) is 18.7 Å². The predicted molar refractivity (Wildman–Crippen MR) is 61.3 cm³/mol. The molecule has 1 aromatic rings. The van der Waals surface area contributed by atoms with E-state index in [9.17, 15) is 27.2 Å². The fourth-order valence-electron chi connectivity index (χ4n) is 1.04. The third-order valence-electron chi connectivity index (χ3n) is 1.72. The molecular weight excluding hydrogens is 316 g/mol. The molecule has 0 aromatic heterocycles. The van der Waals surface area contributed by atoms with Gasteiger partial charge in [-0.1, -0.05) is 6.07 Å². The van der Waals surface area contributed by atoms with Gasteiger partial charge in [0.1, 0.15) is 11.5 Å². The van der Waals surface area contributed by atoms with E-state index in [0.29, 0.717) is 0 Å². The van der Waals surface area contributed by atoms with Gasteiger partial charge in [0.25, 0.3) is 6.01 Å². The predicted octanol–water partition coefficient (Wildman–Crippen LogP) is 4.19. The molecule has 0 heterocycles. The molecule has 10 heteroatoms. The topological polar surface area (TPSA) is 71.1 Å². The lowest BCUT2D eigenvalue weighted by atomic mass is 10.3. The van der Waals surface area contributed by atoms with Crippen LogP contribution in [0.25, 0.3) is 0 Å². The van der Waals surface area contributed by atoms with Gasteiger partial charge in [-0.15, -0.1) is 0 Å². The molecule has 6 nitrogen and oxygen atoms in total. The lowest BCUT2D eigenvalue weighted by Crippen LogP contribution is -2.10. The van der Waals surface area contributed by atoms with Gasteiger partial charge in [0.2, 0.25) is 0 Å². The molecule has 0 bridgehead atoms. The Morgan fingerprint density at radius 3 is 1.86 bits per heavy atom. The number of halogens is 4. The van der Waals surface area contributed by atoms with Crippen molar-refractivity contribution >= 4 is 12.3 Å². The number of hydrogen-bond donors (Lipinski definition) is 0. The molecule has 118 valence electrons. The van der Waals surface area contributed by atoms with Crippen LogP contribution >= 0.6 is 0 Å². The summed E-state index contributed by atoms with van der Waals surface area (Å²) in [7, 11) is 0. The molecule has 0 radical (unpaired) electrons. The standard InChI is InChI=1S/C12H6F4O6/c1-6(13)19-11(17)20-7-3-2-4-8(5-7)21-12(18)22-10(16)9(14)15/h2-5H,1H2. The van der Waals surface area contributed by atoms with Crippen LogP contribution in [0.4, 0.5) is 27.2 Å². The summed E-state index contributed by atoms with van der Waals surface area (Å²) in [5.74, 6) is -0.578. The Labute approximate surface area is 120 Å². The van der Waals surface area contributed by atoms with Crippen LogP contribution < -0.4 is 9.47 Å². The van der Waals surface area contributed by atoms with Crippen LogP contribution in [0, 0.1) is 0 Å². The maximum atomic E-state index is 12.3. The quantitative estimate of drug-likeness (QED) is 0.358. The summed E-state index contributed by atoms with van der Waals surface area (Å²) in [5.41, 5.74) is 0. The van der Waals surface area contributed by atoms with Crippen molar-refractivity contribution in [3.8, 4) is 11.5 Å². The Balaban J connectivity index is 2.68. The summed E-state index contributed by atoms with van der Waals surface area (Å²) in [6.07, 6.45) is -6.09. The molecule has 0 amide bonds. The number of carbonyl (C=O) groups excluding carboxylic acids is 2. The molecule has 0 spiro atoms. The maximum absolute atomic E-state index is 12.3. The molecule has 0 saturated carbocycles. The first kappa shape index (κ1) is 17.0. The van der Waals surface area contributed by atoms with E-state index in [0.717, 1.165) is 12.1 Å². The number of hydrogen-bond acceptors (Lipinski definition) is 6. The minimum atomic E-state index is -2.84. The molecular formula is C12H6F4O6.